The maximum Gasteiger partial charge on any atom is 0.118 e. The second-order valence-corrected chi connectivity index (χ2v) is 3.98. The van der Waals surface area contributed by atoms with Crippen LogP contribution in [0.1, 0.15) is 12.5 Å². The monoisotopic (exact) mass is 160 g/mol. The highest BCUT2D eigenvalue weighted by atomic mass is 16.5. The summed E-state index contributed by atoms with van der Waals surface area (Å²) >= 11 is 0. The van der Waals surface area contributed by atoms with Gasteiger partial charge in [0.25, 0.3) is 0 Å². The Morgan fingerprint density at radius 2 is 1.67 bits per heavy atom. The van der Waals surface area contributed by atoms with Crippen LogP contribution in [-0.4, -0.2) is 22.8 Å². The lowest BCUT2D eigenvalue weighted by molar-refractivity contribution is 0.414. The van der Waals surface area contributed by atoms with Crippen molar-refractivity contribution in [2.24, 2.45) is 0 Å². The van der Waals surface area contributed by atoms with Crippen LogP contribution < -0.4 is 4.74 Å². The summed E-state index contributed by atoms with van der Waals surface area (Å²) in [5.41, 5.74) is 1.34. The first-order valence-corrected chi connectivity index (χ1v) is 4.18. The van der Waals surface area contributed by atoms with Crippen molar-refractivity contribution >= 4 is 15.7 Å². The molecule has 0 aliphatic heterocycles. The third kappa shape index (κ3) is 2.07. The first-order valence-electron chi connectivity index (χ1n) is 4.18. The van der Waals surface area contributed by atoms with Crippen LogP contribution in [0.4, 0.5) is 0 Å². The highest BCUT2D eigenvalue weighted by Crippen LogP contribution is 2.19. The van der Waals surface area contributed by atoms with E-state index in [4.69, 9.17) is 4.74 Å². The topological polar surface area (TPSA) is 9.23 Å². The van der Waals surface area contributed by atoms with Gasteiger partial charge in [0.05, 0.1) is 7.11 Å². The Balaban J connectivity index is 2.93. The average Bonchev–Trinajstić information content (AvgIpc) is 2.03. The van der Waals surface area contributed by atoms with Gasteiger partial charge in [-0.15, -0.1) is 0 Å². The summed E-state index contributed by atoms with van der Waals surface area (Å²) in [6, 6.07) is 8.22. The van der Waals surface area contributed by atoms with E-state index in [9.17, 15) is 0 Å². The Morgan fingerprint density at radius 3 is 2.00 bits per heavy atom. The van der Waals surface area contributed by atoms with E-state index >= 15 is 0 Å². The standard InChI is InChI=1S/C9H14B2O/c1-9(10,11)7-3-5-8(12-2)6-4-7/h3-6H,10-11H2,1-2H3. The Morgan fingerprint density at radius 1 is 1.17 bits per heavy atom. The predicted octanol–water partition coefficient (Wildman–Crippen LogP) is 0.134. The minimum absolute atomic E-state index is 0.228. The van der Waals surface area contributed by atoms with E-state index in [0.29, 0.717) is 0 Å². The van der Waals surface area contributed by atoms with Crippen LogP contribution in [0.5, 0.6) is 5.75 Å². The van der Waals surface area contributed by atoms with Crippen LogP contribution in [-0.2, 0) is 5.21 Å². The van der Waals surface area contributed by atoms with Crippen LogP contribution >= 0.6 is 0 Å². The van der Waals surface area contributed by atoms with Crippen LogP contribution in [0, 0.1) is 0 Å². The van der Waals surface area contributed by atoms with Gasteiger partial charge in [-0.3, -0.25) is 0 Å². The molecular formula is C9H14B2O. The molecule has 0 unspecified atom stereocenters. The fraction of sp³-hybridized carbons (Fsp3) is 0.333. The maximum absolute atomic E-state index is 5.08. The number of hydrogen-bond acceptors (Lipinski definition) is 1. The first-order chi connectivity index (χ1) is 5.54. The zero-order valence-electron chi connectivity index (χ0n) is 8.22. The third-order valence-electron chi connectivity index (χ3n) is 1.96. The molecule has 62 valence electrons. The third-order valence-corrected chi connectivity index (χ3v) is 1.96. The van der Waals surface area contributed by atoms with Gasteiger partial charge in [0, 0.05) is 0 Å². The van der Waals surface area contributed by atoms with Crippen molar-refractivity contribution < 1.29 is 4.74 Å². The van der Waals surface area contributed by atoms with Crippen molar-refractivity contribution in [3.8, 4) is 5.75 Å². The normalized spacial score (nSPS) is 11.2. The van der Waals surface area contributed by atoms with Crippen LogP contribution in [0.15, 0.2) is 24.3 Å². The van der Waals surface area contributed by atoms with Crippen molar-refractivity contribution in [1.82, 2.24) is 0 Å². The summed E-state index contributed by atoms with van der Waals surface area (Å²) in [6.45, 7) is 2.20. The Hall–Kier alpha value is -0.850. The molecule has 1 rings (SSSR count). The highest BCUT2D eigenvalue weighted by molar-refractivity contribution is 6.39. The van der Waals surface area contributed by atoms with Gasteiger partial charge in [-0.25, -0.2) is 0 Å². The van der Waals surface area contributed by atoms with E-state index in [1.807, 2.05) is 12.1 Å². The SMILES string of the molecule is BC(B)(C)c1ccc(OC)cc1. The van der Waals surface area contributed by atoms with Crippen LogP contribution in [0.2, 0.25) is 0 Å². The number of methoxy groups -OCH3 is 1. The minimum Gasteiger partial charge on any atom is -0.497 e. The number of ether oxygens (including phenoxy) is 1. The average molecular weight is 160 g/mol. The van der Waals surface area contributed by atoms with Gasteiger partial charge >= 0.3 is 0 Å². The molecule has 0 saturated carbocycles. The molecule has 12 heavy (non-hydrogen) atoms. The lowest BCUT2D eigenvalue weighted by atomic mass is 9.52. The van der Waals surface area contributed by atoms with E-state index in [2.05, 4.69) is 34.7 Å². The van der Waals surface area contributed by atoms with Gasteiger partial charge in [-0.2, -0.15) is 0 Å². The summed E-state index contributed by atoms with van der Waals surface area (Å²) in [5, 5.41) is 0.228. The highest BCUT2D eigenvalue weighted by Gasteiger charge is 2.12. The van der Waals surface area contributed by atoms with Gasteiger partial charge in [0.15, 0.2) is 0 Å². The summed E-state index contributed by atoms with van der Waals surface area (Å²) in [6.07, 6.45) is 0. The molecular weight excluding hydrogens is 146 g/mol. The molecule has 1 aromatic rings. The molecule has 0 aromatic heterocycles. The molecule has 1 aromatic carbocycles. The maximum atomic E-state index is 5.08. The summed E-state index contributed by atoms with van der Waals surface area (Å²) < 4.78 is 5.08. The molecule has 3 heteroatoms. The molecule has 0 atom stereocenters. The molecule has 0 heterocycles. The van der Waals surface area contributed by atoms with Gasteiger partial charge in [0.1, 0.15) is 21.4 Å². The quantitative estimate of drug-likeness (QED) is 0.558. The Labute approximate surface area is 75.9 Å². The lowest BCUT2D eigenvalue weighted by Gasteiger charge is -2.18. The largest absolute Gasteiger partial charge is 0.497 e. The molecule has 0 N–H and O–H groups in total. The Bertz CT molecular complexity index is 248. The van der Waals surface area contributed by atoms with Gasteiger partial charge in [-0.05, 0) is 12.1 Å². The van der Waals surface area contributed by atoms with Gasteiger partial charge in [-0.1, -0.05) is 29.8 Å². The van der Waals surface area contributed by atoms with Gasteiger partial charge in [0.2, 0.25) is 0 Å². The van der Waals surface area contributed by atoms with Crippen molar-refractivity contribution in [3.05, 3.63) is 29.8 Å². The molecule has 0 radical (unpaired) electrons. The Kier molecular flexibility index (Phi) is 2.51. The number of benzene rings is 1. The minimum atomic E-state index is 0.228. The number of rotatable bonds is 2. The van der Waals surface area contributed by atoms with Gasteiger partial charge < -0.3 is 4.74 Å². The van der Waals surface area contributed by atoms with Crippen LogP contribution in [0.3, 0.4) is 0 Å². The molecule has 0 saturated heterocycles. The van der Waals surface area contributed by atoms with E-state index in [1.54, 1.807) is 7.11 Å². The second-order valence-electron chi connectivity index (χ2n) is 3.98. The molecule has 0 amide bonds. The van der Waals surface area contributed by atoms with Crippen molar-refractivity contribution in [1.29, 1.82) is 0 Å². The fourth-order valence-electron chi connectivity index (χ4n) is 1.09. The molecule has 0 spiro atoms. The van der Waals surface area contributed by atoms with E-state index in [0.717, 1.165) is 5.75 Å². The van der Waals surface area contributed by atoms with Crippen molar-refractivity contribution in [3.63, 3.8) is 0 Å². The van der Waals surface area contributed by atoms with E-state index in [-0.39, 0.29) is 5.21 Å². The lowest BCUT2D eigenvalue weighted by Crippen LogP contribution is -2.21. The molecule has 0 aliphatic rings. The van der Waals surface area contributed by atoms with E-state index in [1.165, 1.54) is 5.56 Å². The molecule has 0 fully saturated rings. The zero-order valence-corrected chi connectivity index (χ0v) is 8.22. The first kappa shape index (κ1) is 9.24. The molecule has 1 nitrogen and oxygen atoms in total. The molecule has 0 bridgehead atoms. The summed E-state index contributed by atoms with van der Waals surface area (Å²) in [4.78, 5) is 0. The van der Waals surface area contributed by atoms with Crippen molar-refractivity contribution in [2.75, 3.05) is 7.11 Å². The zero-order chi connectivity index (χ0) is 9.19. The second kappa shape index (κ2) is 3.26. The van der Waals surface area contributed by atoms with Crippen LogP contribution in [0.25, 0.3) is 0 Å². The predicted molar refractivity (Wildman–Crippen MR) is 57.4 cm³/mol. The fourth-order valence-corrected chi connectivity index (χ4v) is 1.09. The smallest absolute Gasteiger partial charge is 0.118 e. The number of hydrogen-bond donors (Lipinski definition) is 0. The van der Waals surface area contributed by atoms with E-state index < -0.39 is 0 Å². The van der Waals surface area contributed by atoms with Crippen molar-refractivity contribution in [2.45, 2.75) is 12.1 Å². The summed E-state index contributed by atoms with van der Waals surface area (Å²) in [7, 11) is 6.09. The summed E-state index contributed by atoms with van der Waals surface area (Å²) in [5.74, 6) is 0.919. The molecule has 0 aliphatic carbocycles.